The Balaban J connectivity index is 1.66. The third kappa shape index (κ3) is 4.49. The average molecular weight is 579 g/mol. The number of fused-ring (bicyclic) bond motifs is 1. The lowest BCUT2D eigenvalue weighted by Crippen LogP contribution is -2.31. The first-order valence-corrected chi connectivity index (χ1v) is 13.0. The molecule has 0 saturated carbocycles. The predicted octanol–water partition coefficient (Wildman–Crippen LogP) is 8.24. The smallest absolute Gasteiger partial charge is 0.294 e. The first-order chi connectivity index (χ1) is 17.5. The molecule has 2 heterocycles. The van der Waals surface area contributed by atoms with Gasteiger partial charge in [0, 0.05) is 20.6 Å². The molecule has 0 spiro atoms. The maximum Gasteiger partial charge on any atom is 0.294 e. The highest BCUT2D eigenvalue weighted by Gasteiger charge is 2.45. The van der Waals surface area contributed by atoms with E-state index in [1.54, 1.807) is 30.3 Å². The zero-order valence-electron chi connectivity index (χ0n) is 20.8. The molecule has 37 heavy (non-hydrogen) atoms. The van der Waals surface area contributed by atoms with E-state index in [0.29, 0.717) is 21.9 Å². The van der Waals surface area contributed by atoms with E-state index in [-0.39, 0.29) is 16.7 Å². The number of anilines is 1. The molecule has 0 saturated heterocycles. The van der Waals surface area contributed by atoms with E-state index < -0.39 is 23.5 Å². The van der Waals surface area contributed by atoms with Crippen LogP contribution in [0.1, 0.15) is 54.1 Å². The van der Waals surface area contributed by atoms with E-state index >= 15 is 0 Å². The number of benzene rings is 3. The fourth-order valence-electron chi connectivity index (χ4n) is 4.57. The number of carbonyl (C=O) groups excluding carboxylic acids is 2. The van der Waals surface area contributed by atoms with Crippen LogP contribution in [0.4, 0.5) is 5.69 Å². The Morgan fingerprint density at radius 2 is 1.73 bits per heavy atom. The van der Waals surface area contributed by atoms with Gasteiger partial charge >= 0.3 is 0 Å². The molecule has 1 aliphatic rings. The number of furan rings is 1. The number of aliphatic hydroxyl groups is 1. The number of halogens is 2. The van der Waals surface area contributed by atoms with Crippen molar-refractivity contribution in [3.8, 4) is 0 Å². The van der Waals surface area contributed by atoms with Crippen LogP contribution >= 0.6 is 27.5 Å². The summed E-state index contributed by atoms with van der Waals surface area (Å²) < 4.78 is 6.68. The second kappa shape index (κ2) is 9.19. The number of rotatable bonds is 4. The second-order valence-corrected chi connectivity index (χ2v) is 11.6. The van der Waals surface area contributed by atoms with Crippen molar-refractivity contribution < 1.29 is 19.1 Å². The SMILES string of the molecule is Cc1ccc(N2C(=O)C(O)=C(C(=O)c3cc4cc(Br)ccc4o3)C2c2ccc(C(C)(C)C)cc2)cc1Cl. The highest BCUT2D eigenvalue weighted by molar-refractivity contribution is 9.10. The number of hydrogen-bond donors (Lipinski definition) is 1. The number of carbonyl (C=O) groups is 2. The molecule has 1 amide bonds. The number of nitrogens with zero attached hydrogens (tertiary/aromatic N) is 1. The molecular formula is C30H25BrClNO4. The molecule has 7 heteroatoms. The molecule has 188 valence electrons. The molecule has 5 nitrogen and oxygen atoms in total. The van der Waals surface area contributed by atoms with Crippen molar-refractivity contribution in [3.63, 3.8) is 0 Å². The van der Waals surface area contributed by atoms with Gasteiger partial charge in [0.05, 0.1) is 11.6 Å². The summed E-state index contributed by atoms with van der Waals surface area (Å²) in [7, 11) is 0. The number of aryl methyl sites for hydroxylation is 1. The van der Waals surface area contributed by atoms with Crippen LogP contribution in [0, 0.1) is 6.92 Å². The molecule has 4 aromatic rings. The molecule has 0 aliphatic carbocycles. The molecule has 0 bridgehead atoms. The zero-order valence-corrected chi connectivity index (χ0v) is 23.1. The Kier molecular flexibility index (Phi) is 6.29. The van der Waals surface area contributed by atoms with Gasteiger partial charge < -0.3 is 9.52 Å². The second-order valence-electron chi connectivity index (χ2n) is 10.3. The zero-order chi connectivity index (χ0) is 26.6. The molecule has 1 atom stereocenters. The summed E-state index contributed by atoms with van der Waals surface area (Å²) >= 11 is 9.82. The summed E-state index contributed by atoms with van der Waals surface area (Å²) in [5.74, 6) is -1.79. The number of aliphatic hydroxyl groups excluding tert-OH is 1. The van der Waals surface area contributed by atoms with Crippen LogP contribution in [0.2, 0.25) is 5.02 Å². The van der Waals surface area contributed by atoms with E-state index in [2.05, 4.69) is 36.7 Å². The Morgan fingerprint density at radius 1 is 1.03 bits per heavy atom. The van der Waals surface area contributed by atoms with Crippen LogP contribution in [0.15, 0.2) is 87.0 Å². The van der Waals surface area contributed by atoms with Gasteiger partial charge in [-0.05, 0) is 65.4 Å². The average Bonchev–Trinajstić information content (AvgIpc) is 3.38. The molecule has 1 aromatic heterocycles. The standard InChI is InChI=1S/C30H25BrClNO4/c1-16-5-11-21(15-22(16)32)33-26(17-6-8-19(9-7-17)30(2,3)4)25(28(35)29(33)36)27(34)24-14-18-13-20(31)10-12-23(18)37-24/h5-15,26,35H,1-4H3. The minimum absolute atomic E-state index is 0.0386. The first-order valence-electron chi connectivity index (χ1n) is 11.8. The minimum Gasteiger partial charge on any atom is -0.503 e. The van der Waals surface area contributed by atoms with Crippen LogP contribution in [0.25, 0.3) is 11.0 Å². The lowest BCUT2D eigenvalue weighted by molar-refractivity contribution is -0.117. The van der Waals surface area contributed by atoms with Crippen LogP contribution in [0.3, 0.4) is 0 Å². The van der Waals surface area contributed by atoms with Gasteiger partial charge in [0.1, 0.15) is 5.58 Å². The lowest BCUT2D eigenvalue weighted by atomic mass is 9.85. The van der Waals surface area contributed by atoms with Crippen molar-refractivity contribution in [2.24, 2.45) is 0 Å². The first kappa shape index (κ1) is 25.3. The number of ketones is 1. The lowest BCUT2D eigenvalue weighted by Gasteiger charge is -2.28. The van der Waals surface area contributed by atoms with Crippen molar-refractivity contribution >= 4 is 55.9 Å². The van der Waals surface area contributed by atoms with Crippen molar-refractivity contribution in [1.82, 2.24) is 0 Å². The quantitative estimate of drug-likeness (QED) is 0.248. The van der Waals surface area contributed by atoms with Gasteiger partial charge in [0.15, 0.2) is 11.5 Å². The van der Waals surface area contributed by atoms with E-state index in [4.69, 9.17) is 16.0 Å². The fourth-order valence-corrected chi connectivity index (χ4v) is 5.13. The van der Waals surface area contributed by atoms with Crippen LogP contribution in [0.5, 0.6) is 0 Å². The molecule has 1 aliphatic heterocycles. The summed E-state index contributed by atoms with van der Waals surface area (Å²) in [4.78, 5) is 28.7. The van der Waals surface area contributed by atoms with Gasteiger partial charge in [-0.1, -0.05) is 78.6 Å². The van der Waals surface area contributed by atoms with Crippen LogP contribution in [-0.2, 0) is 10.2 Å². The Labute approximate surface area is 228 Å². The van der Waals surface area contributed by atoms with Crippen molar-refractivity contribution in [2.45, 2.75) is 39.2 Å². The fraction of sp³-hybridized carbons (Fsp3) is 0.200. The third-order valence-corrected chi connectivity index (χ3v) is 7.58. The Bertz CT molecular complexity index is 1590. The van der Waals surface area contributed by atoms with Gasteiger partial charge in [-0.2, -0.15) is 0 Å². The highest BCUT2D eigenvalue weighted by Crippen LogP contribution is 2.43. The van der Waals surface area contributed by atoms with Gasteiger partial charge in [0.25, 0.3) is 5.91 Å². The maximum absolute atomic E-state index is 13.8. The Morgan fingerprint density at radius 3 is 2.38 bits per heavy atom. The number of Topliss-reactive ketones (excluding diaryl/α,β-unsaturated/α-hetero) is 1. The number of hydrogen-bond acceptors (Lipinski definition) is 4. The summed E-state index contributed by atoms with van der Waals surface area (Å²) in [6.45, 7) is 8.21. The van der Waals surface area contributed by atoms with Crippen molar-refractivity contribution in [1.29, 1.82) is 0 Å². The minimum atomic E-state index is -0.868. The van der Waals surface area contributed by atoms with Gasteiger partial charge in [0.2, 0.25) is 5.78 Å². The van der Waals surface area contributed by atoms with Gasteiger partial charge in [-0.25, -0.2) is 0 Å². The molecular weight excluding hydrogens is 554 g/mol. The molecule has 0 radical (unpaired) electrons. The summed E-state index contributed by atoms with van der Waals surface area (Å²) in [5, 5.41) is 12.3. The summed E-state index contributed by atoms with van der Waals surface area (Å²) in [6.07, 6.45) is 0. The predicted molar refractivity (Wildman–Crippen MR) is 149 cm³/mol. The van der Waals surface area contributed by atoms with E-state index in [0.717, 1.165) is 21.0 Å². The molecule has 0 fully saturated rings. The number of amides is 1. The van der Waals surface area contributed by atoms with Crippen LogP contribution < -0.4 is 4.90 Å². The molecule has 3 aromatic carbocycles. The van der Waals surface area contributed by atoms with Crippen molar-refractivity contribution in [2.75, 3.05) is 4.90 Å². The van der Waals surface area contributed by atoms with Crippen LogP contribution in [-0.4, -0.2) is 16.8 Å². The van der Waals surface area contributed by atoms with E-state index in [1.165, 1.54) is 4.90 Å². The van der Waals surface area contributed by atoms with Gasteiger partial charge in [-0.15, -0.1) is 0 Å². The largest absolute Gasteiger partial charge is 0.503 e. The van der Waals surface area contributed by atoms with E-state index in [1.807, 2.05) is 43.3 Å². The monoisotopic (exact) mass is 577 g/mol. The van der Waals surface area contributed by atoms with Crippen molar-refractivity contribution in [3.05, 3.63) is 110 Å². The third-order valence-electron chi connectivity index (χ3n) is 6.68. The normalized spacial score (nSPS) is 16.2. The topological polar surface area (TPSA) is 70.8 Å². The maximum atomic E-state index is 13.8. The summed E-state index contributed by atoms with van der Waals surface area (Å²) in [6, 6.07) is 19.2. The highest BCUT2D eigenvalue weighted by atomic mass is 79.9. The molecule has 5 rings (SSSR count). The van der Waals surface area contributed by atoms with E-state index in [9.17, 15) is 14.7 Å². The summed E-state index contributed by atoms with van der Waals surface area (Å²) in [5.41, 5.74) is 3.54. The molecule has 1 N–H and O–H groups in total. The van der Waals surface area contributed by atoms with Gasteiger partial charge in [-0.3, -0.25) is 14.5 Å². The Hall–Kier alpha value is -3.35. The molecule has 1 unspecified atom stereocenters.